The normalized spacial score (nSPS) is 16.4. The van der Waals surface area contributed by atoms with Crippen LogP contribution in [0.4, 0.5) is 16.2 Å². The smallest absolute Gasteiger partial charge is 0.408 e. The molecule has 6 nitrogen and oxygen atoms in total. The lowest BCUT2D eigenvalue weighted by Crippen LogP contribution is -2.46. The van der Waals surface area contributed by atoms with Crippen molar-refractivity contribution in [2.45, 2.75) is 33.1 Å². The summed E-state index contributed by atoms with van der Waals surface area (Å²) in [6, 6.07) is 3.75. The van der Waals surface area contributed by atoms with Crippen molar-refractivity contribution in [2.75, 3.05) is 43.4 Å². The van der Waals surface area contributed by atoms with Crippen LogP contribution in [0.2, 0.25) is 0 Å². The SMILES string of the molecule is CCN1CCN(c2cc(OC(N)=O)c(N)cc2C(C)(C)C)CC1. The summed E-state index contributed by atoms with van der Waals surface area (Å²) in [6.45, 7) is 13.6. The molecule has 0 aromatic heterocycles. The van der Waals surface area contributed by atoms with Crippen LogP contribution in [0.5, 0.6) is 5.75 Å². The van der Waals surface area contributed by atoms with Crippen LogP contribution in [0, 0.1) is 0 Å². The number of amides is 1. The second-order valence-electron chi connectivity index (χ2n) is 7.00. The minimum absolute atomic E-state index is 0.0589. The zero-order chi connectivity index (χ0) is 17.2. The number of rotatable bonds is 3. The van der Waals surface area contributed by atoms with Crippen molar-refractivity contribution in [2.24, 2.45) is 5.73 Å². The molecule has 1 aliphatic heterocycles. The molecule has 2 rings (SSSR count). The molecule has 0 saturated carbocycles. The van der Waals surface area contributed by atoms with Crippen LogP contribution in [-0.4, -0.2) is 43.7 Å². The first-order chi connectivity index (χ1) is 10.7. The first-order valence-electron chi connectivity index (χ1n) is 8.11. The Kier molecular flexibility index (Phi) is 5.04. The molecule has 1 aromatic carbocycles. The minimum Gasteiger partial charge on any atom is -0.408 e. The predicted molar refractivity (Wildman–Crippen MR) is 94.1 cm³/mol. The number of primary amides is 1. The van der Waals surface area contributed by atoms with E-state index in [2.05, 4.69) is 37.5 Å². The van der Waals surface area contributed by atoms with E-state index in [0.717, 1.165) is 44.0 Å². The van der Waals surface area contributed by atoms with Crippen molar-refractivity contribution < 1.29 is 9.53 Å². The molecule has 1 heterocycles. The maximum Gasteiger partial charge on any atom is 0.410 e. The Morgan fingerprint density at radius 3 is 2.30 bits per heavy atom. The zero-order valence-corrected chi connectivity index (χ0v) is 14.6. The van der Waals surface area contributed by atoms with Crippen molar-refractivity contribution in [1.82, 2.24) is 4.90 Å². The lowest BCUT2D eigenvalue weighted by molar-refractivity contribution is 0.211. The van der Waals surface area contributed by atoms with Gasteiger partial charge in [0.15, 0.2) is 5.75 Å². The highest BCUT2D eigenvalue weighted by Gasteiger charge is 2.26. The number of carbonyl (C=O) groups excluding carboxylic acids is 1. The van der Waals surface area contributed by atoms with Crippen molar-refractivity contribution in [3.63, 3.8) is 0 Å². The molecule has 0 unspecified atom stereocenters. The molecule has 1 aliphatic rings. The summed E-state index contributed by atoms with van der Waals surface area (Å²) in [7, 11) is 0. The summed E-state index contributed by atoms with van der Waals surface area (Å²) in [5, 5.41) is 0. The number of nitrogen functional groups attached to an aromatic ring is 1. The molecule has 1 saturated heterocycles. The Morgan fingerprint density at radius 1 is 1.22 bits per heavy atom. The fourth-order valence-corrected chi connectivity index (χ4v) is 2.95. The van der Waals surface area contributed by atoms with Gasteiger partial charge < -0.3 is 26.0 Å². The number of hydrogen-bond donors (Lipinski definition) is 2. The number of hydrogen-bond acceptors (Lipinski definition) is 5. The van der Waals surface area contributed by atoms with Gasteiger partial charge in [0.05, 0.1) is 5.69 Å². The first kappa shape index (κ1) is 17.4. The topological polar surface area (TPSA) is 84.8 Å². The van der Waals surface area contributed by atoms with E-state index in [1.54, 1.807) is 0 Å². The molecule has 128 valence electrons. The van der Waals surface area contributed by atoms with E-state index >= 15 is 0 Å². The number of carbonyl (C=O) groups is 1. The van der Waals surface area contributed by atoms with Crippen LogP contribution in [0.1, 0.15) is 33.3 Å². The van der Waals surface area contributed by atoms with Crippen molar-refractivity contribution in [3.8, 4) is 5.75 Å². The summed E-state index contributed by atoms with van der Waals surface area (Å²) in [5.41, 5.74) is 13.8. The monoisotopic (exact) mass is 320 g/mol. The van der Waals surface area contributed by atoms with E-state index in [0.29, 0.717) is 11.4 Å². The highest BCUT2D eigenvalue weighted by molar-refractivity contribution is 5.75. The Labute approximate surface area is 138 Å². The molecule has 23 heavy (non-hydrogen) atoms. The third-order valence-electron chi connectivity index (χ3n) is 4.31. The number of nitrogens with zero attached hydrogens (tertiary/aromatic N) is 2. The molecular weight excluding hydrogens is 292 g/mol. The maximum absolute atomic E-state index is 11.1. The van der Waals surface area contributed by atoms with Crippen molar-refractivity contribution in [3.05, 3.63) is 17.7 Å². The molecule has 1 aromatic rings. The maximum atomic E-state index is 11.1. The lowest BCUT2D eigenvalue weighted by Gasteiger charge is -2.38. The summed E-state index contributed by atoms with van der Waals surface area (Å²) < 4.78 is 5.06. The van der Waals surface area contributed by atoms with Gasteiger partial charge in [0, 0.05) is 37.9 Å². The van der Waals surface area contributed by atoms with Gasteiger partial charge in [-0.3, -0.25) is 0 Å². The Bertz CT molecular complexity index is 573. The number of anilines is 2. The van der Waals surface area contributed by atoms with Crippen molar-refractivity contribution in [1.29, 1.82) is 0 Å². The number of ether oxygens (including phenoxy) is 1. The quantitative estimate of drug-likeness (QED) is 0.834. The Balaban J connectivity index is 2.40. The van der Waals surface area contributed by atoms with E-state index < -0.39 is 6.09 Å². The van der Waals surface area contributed by atoms with E-state index in [4.69, 9.17) is 16.2 Å². The van der Waals surface area contributed by atoms with Crippen molar-refractivity contribution >= 4 is 17.5 Å². The minimum atomic E-state index is -0.845. The number of nitrogens with two attached hydrogens (primary N) is 2. The van der Waals surface area contributed by atoms with Gasteiger partial charge in [-0.1, -0.05) is 27.7 Å². The van der Waals surface area contributed by atoms with Crippen LogP contribution >= 0.6 is 0 Å². The molecule has 0 spiro atoms. The lowest BCUT2D eigenvalue weighted by atomic mass is 9.84. The standard InChI is InChI=1S/C17H28N4O2/c1-5-20-6-8-21(9-7-20)14-11-15(23-16(19)22)13(18)10-12(14)17(2,3)4/h10-11H,5-9,18H2,1-4H3,(H2,19,22). The number of benzene rings is 1. The van der Waals surface area contributed by atoms with Crippen LogP contribution < -0.4 is 21.1 Å². The van der Waals surface area contributed by atoms with Gasteiger partial charge in [0.1, 0.15) is 0 Å². The number of likely N-dealkylation sites (N-methyl/N-ethyl adjacent to an activating group) is 1. The molecular formula is C17H28N4O2. The second kappa shape index (κ2) is 6.66. The molecule has 1 fully saturated rings. The largest absolute Gasteiger partial charge is 0.410 e. The Morgan fingerprint density at radius 2 is 1.83 bits per heavy atom. The van der Waals surface area contributed by atoms with E-state index in [-0.39, 0.29) is 5.41 Å². The first-order valence-corrected chi connectivity index (χ1v) is 8.11. The van der Waals surface area contributed by atoms with Gasteiger partial charge in [-0.05, 0) is 23.6 Å². The predicted octanol–water partition coefficient (Wildman–Crippen LogP) is 2.17. The van der Waals surface area contributed by atoms with Gasteiger partial charge in [-0.2, -0.15) is 0 Å². The highest BCUT2D eigenvalue weighted by atomic mass is 16.5. The van der Waals surface area contributed by atoms with Gasteiger partial charge in [0.25, 0.3) is 0 Å². The van der Waals surface area contributed by atoms with Gasteiger partial charge in [0.2, 0.25) is 0 Å². The van der Waals surface area contributed by atoms with Gasteiger partial charge >= 0.3 is 6.09 Å². The summed E-state index contributed by atoms with van der Waals surface area (Å²) in [5.74, 6) is 0.332. The Hall–Kier alpha value is -1.95. The number of piperazine rings is 1. The van der Waals surface area contributed by atoms with Gasteiger partial charge in [-0.15, -0.1) is 0 Å². The molecule has 0 atom stereocenters. The fourth-order valence-electron chi connectivity index (χ4n) is 2.95. The third kappa shape index (κ3) is 4.07. The van der Waals surface area contributed by atoms with E-state index in [1.807, 2.05) is 12.1 Å². The summed E-state index contributed by atoms with van der Waals surface area (Å²) in [6.07, 6.45) is -0.845. The highest BCUT2D eigenvalue weighted by Crippen LogP contribution is 2.38. The average Bonchev–Trinajstić information content (AvgIpc) is 2.47. The fraction of sp³-hybridized carbons (Fsp3) is 0.588. The summed E-state index contributed by atoms with van der Waals surface area (Å²) >= 11 is 0. The van der Waals surface area contributed by atoms with E-state index in [9.17, 15) is 4.79 Å². The third-order valence-corrected chi connectivity index (χ3v) is 4.31. The van der Waals surface area contributed by atoms with Crippen LogP contribution in [0.3, 0.4) is 0 Å². The van der Waals surface area contributed by atoms with Crippen LogP contribution in [0.15, 0.2) is 12.1 Å². The van der Waals surface area contributed by atoms with Crippen LogP contribution in [-0.2, 0) is 5.41 Å². The molecule has 0 radical (unpaired) electrons. The van der Waals surface area contributed by atoms with Crippen LogP contribution in [0.25, 0.3) is 0 Å². The second-order valence-corrected chi connectivity index (χ2v) is 7.00. The molecule has 1 amide bonds. The van der Waals surface area contributed by atoms with E-state index in [1.165, 1.54) is 0 Å². The van der Waals surface area contributed by atoms with Gasteiger partial charge in [-0.25, -0.2) is 4.79 Å². The zero-order valence-electron chi connectivity index (χ0n) is 14.6. The summed E-state index contributed by atoms with van der Waals surface area (Å²) in [4.78, 5) is 15.9. The average molecular weight is 320 g/mol. The molecule has 4 N–H and O–H groups in total. The molecule has 6 heteroatoms. The molecule has 0 aliphatic carbocycles. The molecule has 0 bridgehead atoms.